The molecule has 0 bridgehead atoms. The standard InChI is InChI=1S/C11H26O2Si.C11H24O2Si.C6H15ClSi.C5H12O2.CH4/c2*1-10(2,3)14(6,7)13-9-11(4,5)8-12;1-6(2,3)8(4,5)7;1-5(2,3-6)4-7;/h12H,8-9H2,1-7H3;8H,9H2,1-7H3;1-5H3;6-7H,3-4H2,1-2H3;1H4. The van der Waals surface area contributed by atoms with Gasteiger partial charge in [0.2, 0.25) is 0 Å². The van der Waals surface area contributed by atoms with Gasteiger partial charge >= 0.3 is 0 Å². The van der Waals surface area contributed by atoms with Crippen LogP contribution in [0.2, 0.25) is 54.4 Å². The molecular formula is C34H81ClO6Si3. The van der Waals surface area contributed by atoms with Gasteiger partial charge < -0.3 is 29.0 Å². The number of hydrogen-bond acceptors (Lipinski definition) is 6. The smallest absolute Gasteiger partial charge is 0.192 e. The summed E-state index contributed by atoms with van der Waals surface area (Å²) in [5.41, 5.74) is -0.773. The van der Waals surface area contributed by atoms with Gasteiger partial charge in [0.25, 0.3) is 0 Å². The summed E-state index contributed by atoms with van der Waals surface area (Å²) in [7, 11) is -4.72. The van der Waals surface area contributed by atoms with Crippen LogP contribution in [-0.2, 0) is 13.6 Å². The van der Waals surface area contributed by atoms with Crippen LogP contribution < -0.4 is 0 Å². The lowest BCUT2D eigenvalue weighted by molar-refractivity contribution is -0.116. The van der Waals surface area contributed by atoms with Crippen LogP contribution in [0, 0.1) is 16.2 Å². The summed E-state index contributed by atoms with van der Waals surface area (Å²) in [5.74, 6) is 0. The van der Waals surface area contributed by atoms with E-state index in [2.05, 4.69) is 102 Å². The first-order valence-corrected chi connectivity index (χ1v) is 25.5. The molecule has 0 aromatic carbocycles. The summed E-state index contributed by atoms with van der Waals surface area (Å²) in [6.07, 6.45) is 0.972. The van der Waals surface area contributed by atoms with Crippen molar-refractivity contribution in [2.75, 3.05) is 33.0 Å². The van der Waals surface area contributed by atoms with E-state index >= 15 is 0 Å². The number of aliphatic hydroxyl groups is 3. The molecule has 0 saturated heterocycles. The van der Waals surface area contributed by atoms with E-state index in [1.165, 1.54) is 0 Å². The summed E-state index contributed by atoms with van der Waals surface area (Å²) < 4.78 is 12.0. The van der Waals surface area contributed by atoms with E-state index in [9.17, 15) is 4.79 Å². The van der Waals surface area contributed by atoms with Crippen LogP contribution in [0.3, 0.4) is 0 Å². The highest BCUT2D eigenvalue weighted by molar-refractivity contribution is 7.20. The first-order valence-electron chi connectivity index (χ1n) is 15.7. The monoisotopic (exact) mass is 705 g/mol. The molecule has 0 atom stereocenters. The Kier molecular flexibility index (Phi) is 24.5. The Balaban J connectivity index is -0.000000159. The number of hydrogen-bond donors (Lipinski definition) is 3. The molecule has 0 rings (SSSR count). The molecule has 0 aliphatic rings. The van der Waals surface area contributed by atoms with Crippen LogP contribution in [0.5, 0.6) is 0 Å². The van der Waals surface area contributed by atoms with E-state index in [4.69, 9.17) is 35.3 Å². The Morgan fingerprint density at radius 2 is 0.795 bits per heavy atom. The van der Waals surface area contributed by atoms with Gasteiger partial charge in [0, 0.05) is 29.5 Å². The quantitative estimate of drug-likeness (QED) is 0.119. The molecule has 0 heterocycles. The molecule has 0 spiro atoms. The first-order chi connectivity index (χ1) is 18.4. The SMILES string of the molecule is C.CC(C)(C)[Si](C)(C)Cl.CC(C)(C=O)CO[Si](C)(C)C(C)(C)C.CC(C)(CO)CO.CC(C)(CO)CO[Si](C)(C)C(C)(C)C. The molecule has 0 fully saturated rings. The molecule has 10 heteroatoms. The van der Waals surface area contributed by atoms with Crippen LogP contribution in [0.1, 0.15) is 111 Å². The van der Waals surface area contributed by atoms with Crippen molar-refractivity contribution in [1.82, 2.24) is 0 Å². The van der Waals surface area contributed by atoms with Crippen molar-refractivity contribution in [2.45, 2.75) is 166 Å². The number of halogens is 1. The first kappa shape index (κ1) is 53.9. The molecule has 6 nitrogen and oxygen atoms in total. The largest absolute Gasteiger partial charge is 0.416 e. The molecule has 3 N–H and O–H groups in total. The molecule has 0 aromatic heterocycles. The third-order valence-electron chi connectivity index (χ3n) is 8.63. The number of carbonyl (C=O) groups excluding carboxylic acids is 1. The molecule has 0 aliphatic heterocycles. The second-order valence-corrected chi connectivity index (χ2v) is 35.6. The van der Waals surface area contributed by atoms with Crippen molar-refractivity contribution in [3.05, 3.63) is 0 Å². The van der Waals surface area contributed by atoms with Crippen molar-refractivity contribution in [3.63, 3.8) is 0 Å². The van der Waals surface area contributed by atoms with Gasteiger partial charge in [0.15, 0.2) is 24.0 Å². The lowest BCUT2D eigenvalue weighted by atomic mass is 9.97. The van der Waals surface area contributed by atoms with Crippen molar-refractivity contribution < 1.29 is 29.0 Å². The number of aldehydes is 1. The highest BCUT2D eigenvalue weighted by Gasteiger charge is 2.39. The molecular weight excluding hydrogens is 624 g/mol. The van der Waals surface area contributed by atoms with E-state index < -0.39 is 24.0 Å². The van der Waals surface area contributed by atoms with E-state index in [1.54, 1.807) is 13.8 Å². The molecule has 0 aliphatic carbocycles. The van der Waals surface area contributed by atoms with E-state index in [0.717, 1.165) is 6.29 Å². The molecule has 0 aromatic rings. The van der Waals surface area contributed by atoms with Crippen LogP contribution >= 0.6 is 11.1 Å². The highest BCUT2D eigenvalue weighted by Crippen LogP contribution is 2.39. The predicted octanol–water partition coefficient (Wildman–Crippen LogP) is 10.1. The zero-order valence-corrected chi connectivity index (χ0v) is 36.3. The van der Waals surface area contributed by atoms with Crippen molar-refractivity contribution in [3.8, 4) is 0 Å². The van der Waals surface area contributed by atoms with E-state index in [1.807, 2.05) is 27.7 Å². The minimum atomic E-state index is -1.69. The average molecular weight is 706 g/mol. The third kappa shape index (κ3) is 25.5. The lowest BCUT2D eigenvalue weighted by Crippen LogP contribution is -2.43. The molecule has 0 amide bonds. The Morgan fingerprint density at radius 3 is 0.955 bits per heavy atom. The zero-order valence-electron chi connectivity index (χ0n) is 32.6. The van der Waals surface area contributed by atoms with Gasteiger partial charge in [0.05, 0.1) is 19.8 Å². The van der Waals surface area contributed by atoms with E-state index in [-0.39, 0.29) is 53.6 Å². The van der Waals surface area contributed by atoms with Gasteiger partial charge in [-0.25, -0.2) is 0 Å². The molecule has 0 radical (unpaired) electrons. The Bertz CT molecular complexity index is 737. The summed E-state index contributed by atoms with van der Waals surface area (Å²) in [4.78, 5) is 10.7. The van der Waals surface area contributed by atoms with Crippen molar-refractivity contribution >= 4 is 41.4 Å². The van der Waals surface area contributed by atoms with Gasteiger partial charge in [-0.3, -0.25) is 0 Å². The fraction of sp³-hybridized carbons (Fsp3) is 0.971. The highest BCUT2D eigenvalue weighted by atomic mass is 35.6. The summed E-state index contributed by atoms with van der Waals surface area (Å²) in [6, 6.07) is 0. The normalized spacial score (nSPS) is 13.7. The van der Waals surface area contributed by atoms with Gasteiger partial charge in [-0.15, -0.1) is 0 Å². The maximum absolute atomic E-state index is 10.7. The minimum Gasteiger partial charge on any atom is -0.416 e. The minimum absolute atomic E-state index is 0. The fourth-order valence-corrected chi connectivity index (χ4v) is 3.66. The van der Waals surface area contributed by atoms with Gasteiger partial charge in [0.1, 0.15) is 6.29 Å². The Morgan fingerprint density at radius 1 is 0.545 bits per heavy atom. The predicted molar refractivity (Wildman–Crippen MR) is 205 cm³/mol. The van der Waals surface area contributed by atoms with Crippen LogP contribution in [0.4, 0.5) is 0 Å². The topological polar surface area (TPSA) is 96.2 Å². The fourth-order valence-electron chi connectivity index (χ4n) is 1.30. The Labute approximate surface area is 284 Å². The molecule has 0 saturated carbocycles. The second kappa shape index (κ2) is 20.0. The van der Waals surface area contributed by atoms with Gasteiger partial charge in [-0.2, -0.15) is 11.1 Å². The number of rotatable bonds is 10. The second-order valence-electron chi connectivity index (χ2n) is 18.7. The number of carbonyl (C=O) groups is 1. The molecule has 44 heavy (non-hydrogen) atoms. The summed E-state index contributed by atoms with van der Waals surface area (Å²) in [6.45, 7) is 46.0. The third-order valence-corrected chi connectivity index (χ3v) is 22.9. The summed E-state index contributed by atoms with van der Waals surface area (Å²) in [5, 5.41) is 26.8. The molecule has 0 unspecified atom stereocenters. The maximum atomic E-state index is 10.7. The summed E-state index contributed by atoms with van der Waals surface area (Å²) >= 11 is 6.15. The lowest BCUT2D eigenvalue weighted by Gasteiger charge is -2.38. The average Bonchev–Trinajstić information content (AvgIpc) is 2.80. The number of aliphatic hydroxyl groups excluding tert-OH is 3. The zero-order chi connectivity index (χ0) is 36.2. The molecule has 272 valence electrons. The van der Waals surface area contributed by atoms with E-state index in [0.29, 0.717) is 18.3 Å². The van der Waals surface area contributed by atoms with Crippen LogP contribution in [0.25, 0.3) is 0 Å². The van der Waals surface area contributed by atoms with Crippen LogP contribution in [0.15, 0.2) is 0 Å². The van der Waals surface area contributed by atoms with Gasteiger partial charge in [-0.1, -0.05) is 124 Å². The maximum Gasteiger partial charge on any atom is 0.192 e. The van der Waals surface area contributed by atoms with Gasteiger partial charge in [-0.05, 0) is 41.3 Å². The Hall–Kier alpha value is 0.411. The van der Waals surface area contributed by atoms with Crippen molar-refractivity contribution in [1.29, 1.82) is 0 Å². The van der Waals surface area contributed by atoms with Crippen molar-refractivity contribution in [2.24, 2.45) is 16.2 Å². The van der Waals surface area contributed by atoms with Crippen LogP contribution in [-0.4, -0.2) is 78.7 Å².